The van der Waals surface area contributed by atoms with Crippen LogP contribution in [0.3, 0.4) is 0 Å². The molecule has 1 aliphatic heterocycles. The average molecular weight is 339 g/mol. The van der Waals surface area contributed by atoms with Crippen LogP contribution in [0.4, 0.5) is 0 Å². The van der Waals surface area contributed by atoms with E-state index in [2.05, 4.69) is 11.4 Å². The second kappa shape index (κ2) is 6.76. The third kappa shape index (κ3) is 3.33. The van der Waals surface area contributed by atoms with Gasteiger partial charge in [-0.15, -0.1) is 0 Å². The van der Waals surface area contributed by atoms with Gasteiger partial charge < -0.3 is 19.9 Å². The molecule has 0 saturated carbocycles. The van der Waals surface area contributed by atoms with E-state index in [0.29, 0.717) is 24.5 Å². The summed E-state index contributed by atoms with van der Waals surface area (Å²) in [6.07, 6.45) is 0.784. The number of carbonyl (C=O) groups excluding carboxylic acids is 1. The normalized spacial score (nSPS) is 24.3. The van der Waals surface area contributed by atoms with E-state index in [1.54, 1.807) is 0 Å². The highest BCUT2D eigenvalue weighted by Crippen LogP contribution is 2.32. The zero-order valence-electron chi connectivity index (χ0n) is 13.9. The first-order valence-corrected chi connectivity index (χ1v) is 8.64. The molecule has 0 spiro atoms. The lowest BCUT2D eigenvalue weighted by atomic mass is 9.85. The van der Waals surface area contributed by atoms with E-state index < -0.39 is 6.10 Å². The number of ether oxygens (including phenoxy) is 2. The van der Waals surface area contributed by atoms with Crippen LogP contribution >= 0.6 is 0 Å². The van der Waals surface area contributed by atoms with Crippen molar-refractivity contribution in [2.24, 2.45) is 0 Å². The fraction of sp³-hybridized carbons (Fsp3) is 0.350. The topological polar surface area (TPSA) is 67.8 Å². The van der Waals surface area contributed by atoms with Gasteiger partial charge >= 0.3 is 0 Å². The molecule has 2 aromatic carbocycles. The maximum absolute atomic E-state index is 12.5. The minimum absolute atomic E-state index is 0.145. The first kappa shape index (κ1) is 16.0. The molecule has 1 amide bonds. The molecular weight excluding hydrogens is 318 g/mol. The predicted octanol–water partition coefficient (Wildman–Crippen LogP) is 2.38. The molecule has 0 aromatic heterocycles. The Morgan fingerprint density at radius 2 is 1.88 bits per heavy atom. The van der Waals surface area contributed by atoms with Crippen molar-refractivity contribution in [1.29, 1.82) is 0 Å². The van der Waals surface area contributed by atoms with Gasteiger partial charge in [0, 0.05) is 0 Å². The van der Waals surface area contributed by atoms with Crippen LogP contribution < -0.4 is 14.8 Å². The summed E-state index contributed by atoms with van der Waals surface area (Å²) < 4.78 is 11.5. The Balaban J connectivity index is 1.41. The number of hydrogen-bond donors (Lipinski definition) is 2. The smallest absolute Gasteiger partial charge is 0.224 e. The van der Waals surface area contributed by atoms with E-state index in [1.165, 1.54) is 5.56 Å². The monoisotopic (exact) mass is 339 g/mol. The number of aryl methyl sites for hydroxylation is 1. The molecular formula is C20H21NO4. The number of rotatable bonds is 3. The van der Waals surface area contributed by atoms with Crippen LogP contribution in [-0.4, -0.2) is 29.8 Å². The molecule has 0 saturated heterocycles. The number of aliphatic hydroxyl groups excluding tert-OH is 1. The lowest BCUT2D eigenvalue weighted by molar-refractivity contribution is -0.125. The summed E-state index contributed by atoms with van der Waals surface area (Å²) in [5.41, 5.74) is 2.19. The molecule has 1 unspecified atom stereocenters. The van der Waals surface area contributed by atoms with Gasteiger partial charge in [0.2, 0.25) is 5.91 Å². The Morgan fingerprint density at radius 1 is 1.12 bits per heavy atom. The fourth-order valence-electron chi connectivity index (χ4n) is 3.52. The van der Waals surface area contributed by atoms with E-state index in [-0.39, 0.29) is 24.5 Å². The van der Waals surface area contributed by atoms with Gasteiger partial charge in [-0.1, -0.05) is 36.4 Å². The first-order chi connectivity index (χ1) is 12.2. The van der Waals surface area contributed by atoms with Crippen LogP contribution in [0.25, 0.3) is 0 Å². The van der Waals surface area contributed by atoms with E-state index in [4.69, 9.17) is 9.47 Å². The molecule has 2 N–H and O–H groups in total. The molecule has 3 atom stereocenters. The quantitative estimate of drug-likeness (QED) is 0.901. The number of carbonyl (C=O) groups is 1. The van der Waals surface area contributed by atoms with E-state index >= 15 is 0 Å². The molecule has 0 fully saturated rings. The minimum atomic E-state index is -0.567. The van der Waals surface area contributed by atoms with Gasteiger partial charge in [-0.05, 0) is 36.1 Å². The van der Waals surface area contributed by atoms with Gasteiger partial charge in [-0.25, -0.2) is 0 Å². The number of hydrogen-bond acceptors (Lipinski definition) is 4. The van der Waals surface area contributed by atoms with Gasteiger partial charge in [0.1, 0.15) is 12.7 Å². The average Bonchev–Trinajstić information content (AvgIpc) is 2.64. The molecule has 2 aromatic rings. The maximum atomic E-state index is 12.5. The number of nitrogens with one attached hydrogen (secondary N) is 1. The summed E-state index contributed by atoms with van der Waals surface area (Å²) in [5, 5.41) is 13.3. The van der Waals surface area contributed by atoms with E-state index in [0.717, 1.165) is 12.0 Å². The molecule has 0 bridgehead atoms. The molecule has 0 radical (unpaired) electrons. The Bertz CT molecular complexity index is 776. The first-order valence-electron chi connectivity index (χ1n) is 8.64. The predicted molar refractivity (Wildman–Crippen MR) is 92.6 cm³/mol. The maximum Gasteiger partial charge on any atom is 0.224 e. The summed E-state index contributed by atoms with van der Waals surface area (Å²) in [6, 6.07) is 15.0. The van der Waals surface area contributed by atoms with Crippen molar-refractivity contribution in [2.45, 2.75) is 37.5 Å². The number of aliphatic hydroxyl groups is 1. The Hall–Kier alpha value is -2.53. The molecule has 4 rings (SSSR count). The molecule has 2 aliphatic rings. The van der Waals surface area contributed by atoms with Gasteiger partial charge in [-0.3, -0.25) is 4.79 Å². The highest BCUT2D eigenvalue weighted by atomic mass is 16.6. The third-order valence-corrected chi connectivity index (χ3v) is 4.78. The van der Waals surface area contributed by atoms with Crippen molar-refractivity contribution in [2.75, 3.05) is 6.61 Å². The van der Waals surface area contributed by atoms with Crippen molar-refractivity contribution >= 4 is 5.91 Å². The lowest BCUT2D eigenvalue weighted by Gasteiger charge is -2.32. The zero-order valence-corrected chi connectivity index (χ0v) is 13.9. The van der Waals surface area contributed by atoms with Gasteiger partial charge in [0.15, 0.2) is 11.5 Å². The SMILES string of the molecule is O=C(CC1COc2ccccc2O1)N[C@H]1c2ccccc2CC[C@H]1O. The highest BCUT2D eigenvalue weighted by Gasteiger charge is 2.30. The Kier molecular flexibility index (Phi) is 4.32. The number of fused-ring (bicyclic) bond motifs is 2. The van der Waals surface area contributed by atoms with Crippen LogP contribution in [0.5, 0.6) is 11.5 Å². The highest BCUT2D eigenvalue weighted by molar-refractivity contribution is 5.77. The second-order valence-corrected chi connectivity index (χ2v) is 6.55. The Morgan fingerprint density at radius 3 is 2.76 bits per heavy atom. The third-order valence-electron chi connectivity index (χ3n) is 4.78. The molecule has 130 valence electrons. The van der Waals surface area contributed by atoms with Gasteiger partial charge in [-0.2, -0.15) is 0 Å². The van der Waals surface area contributed by atoms with Crippen LogP contribution in [-0.2, 0) is 11.2 Å². The van der Waals surface area contributed by atoms with E-state index in [1.807, 2.05) is 42.5 Å². The van der Waals surface area contributed by atoms with Crippen molar-refractivity contribution in [1.82, 2.24) is 5.32 Å². The molecule has 1 heterocycles. The Labute approximate surface area is 146 Å². The molecule has 1 aliphatic carbocycles. The summed E-state index contributed by atoms with van der Waals surface area (Å²) >= 11 is 0. The fourth-order valence-corrected chi connectivity index (χ4v) is 3.52. The van der Waals surface area contributed by atoms with Crippen molar-refractivity contribution in [3.05, 3.63) is 59.7 Å². The van der Waals surface area contributed by atoms with Crippen LogP contribution in [0.15, 0.2) is 48.5 Å². The second-order valence-electron chi connectivity index (χ2n) is 6.55. The largest absolute Gasteiger partial charge is 0.486 e. The summed E-state index contributed by atoms with van der Waals surface area (Å²) in [4.78, 5) is 12.5. The summed E-state index contributed by atoms with van der Waals surface area (Å²) in [7, 11) is 0. The molecule has 5 nitrogen and oxygen atoms in total. The number of para-hydroxylation sites is 2. The summed E-state index contributed by atoms with van der Waals surface area (Å²) in [5.74, 6) is 1.22. The van der Waals surface area contributed by atoms with Crippen molar-refractivity contribution < 1.29 is 19.4 Å². The zero-order chi connectivity index (χ0) is 17.2. The van der Waals surface area contributed by atoms with Crippen LogP contribution in [0.2, 0.25) is 0 Å². The van der Waals surface area contributed by atoms with E-state index in [9.17, 15) is 9.90 Å². The lowest BCUT2D eigenvalue weighted by Crippen LogP contribution is -2.42. The number of amides is 1. The summed E-state index contributed by atoms with van der Waals surface area (Å²) in [6.45, 7) is 0.342. The van der Waals surface area contributed by atoms with Crippen LogP contribution in [0.1, 0.15) is 30.0 Å². The van der Waals surface area contributed by atoms with Crippen LogP contribution in [0, 0.1) is 0 Å². The van der Waals surface area contributed by atoms with Crippen molar-refractivity contribution in [3.8, 4) is 11.5 Å². The minimum Gasteiger partial charge on any atom is -0.486 e. The van der Waals surface area contributed by atoms with Crippen molar-refractivity contribution in [3.63, 3.8) is 0 Å². The van der Waals surface area contributed by atoms with Gasteiger partial charge in [0.05, 0.1) is 18.6 Å². The standard InChI is InChI=1S/C20H21NO4/c22-16-10-9-13-5-1-2-6-15(13)20(16)21-19(23)11-14-12-24-17-7-3-4-8-18(17)25-14/h1-8,14,16,20,22H,9-12H2,(H,21,23)/t14?,16-,20+/m1/s1. The van der Waals surface area contributed by atoms with Gasteiger partial charge in [0.25, 0.3) is 0 Å². The number of benzene rings is 2. The molecule has 25 heavy (non-hydrogen) atoms. The molecule has 5 heteroatoms.